The van der Waals surface area contributed by atoms with Crippen molar-refractivity contribution < 1.29 is 4.79 Å². The Bertz CT molecular complexity index is 845. The molecule has 1 aliphatic heterocycles. The van der Waals surface area contributed by atoms with Crippen LogP contribution in [0.5, 0.6) is 0 Å². The van der Waals surface area contributed by atoms with Crippen molar-refractivity contribution in [2.45, 2.75) is 57.8 Å². The molecule has 1 atom stereocenters. The Morgan fingerprint density at radius 2 is 2.04 bits per heavy atom. The number of aromatic nitrogens is 2. The van der Waals surface area contributed by atoms with Crippen LogP contribution >= 0.6 is 0 Å². The summed E-state index contributed by atoms with van der Waals surface area (Å²) in [6.07, 6.45) is 6.97. The maximum atomic E-state index is 12.1. The lowest BCUT2D eigenvalue weighted by Gasteiger charge is -2.22. The number of rotatable bonds is 5. The summed E-state index contributed by atoms with van der Waals surface area (Å²) in [6, 6.07) is 8.97. The zero-order valence-electron chi connectivity index (χ0n) is 16.4. The van der Waals surface area contributed by atoms with Crippen molar-refractivity contribution >= 4 is 5.91 Å². The fourth-order valence-corrected chi connectivity index (χ4v) is 4.35. The Balaban J connectivity index is 1.70. The second kappa shape index (κ2) is 7.34. The Labute approximate surface area is 161 Å². The molecule has 1 fully saturated rings. The molecule has 1 amide bonds. The van der Waals surface area contributed by atoms with Gasteiger partial charge in [0.2, 0.25) is 5.91 Å². The molecular weight excluding hydrogens is 334 g/mol. The second-order valence-electron chi connectivity index (χ2n) is 7.97. The Morgan fingerprint density at radius 1 is 1.30 bits per heavy atom. The molecule has 4 rings (SSSR count). The number of benzene rings is 1. The molecule has 1 unspecified atom stereocenters. The third-order valence-electron chi connectivity index (χ3n) is 5.86. The first-order chi connectivity index (χ1) is 13.1. The van der Waals surface area contributed by atoms with Crippen LogP contribution in [-0.4, -0.2) is 33.7 Å². The van der Waals surface area contributed by atoms with Crippen LogP contribution in [0.15, 0.2) is 36.9 Å². The minimum absolute atomic E-state index is 0.0209. The fraction of sp³-hybridized carbons (Fsp3) is 0.478. The maximum Gasteiger partial charge on any atom is 0.245 e. The average Bonchev–Trinajstić information content (AvgIpc) is 3.48. The summed E-state index contributed by atoms with van der Waals surface area (Å²) < 4.78 is 2.16. The second-order valence-corrected chi connectivity index (χ2v) is 7.97. The van der Waals surface area contributed by atoms with Crippen LogP contribution in [0.4, 0.5) is 0 Å². The molecule has 2 aliphatic rings. The van der Waals surface area contributed by atoms with Crippen molar-refractivity contribution in [1.82, 2.24) is 14.7 Å². The van der Waals surface area contributed by atoms with Gasteiger partial charge >= 0.3 is 0 Å². The van der Waals surface area contributed by atoms with Gasteiger partial charge in [-0.05, 0) is 49.0 Å². The first-order valence-electron chi connectivity index (χ1n) is 10.2. The van der Waals surface area contributed by atoms with E-state index in [0.717, 1.165) is 43.1 Å². The number of hydrogen-bond donors (Lipinski definition) is 0. The highest BCUT2D eigenvalue weighted by Gasteiger charge is 2.29. The minimum atomic E-state index is 0.0209. The topological polar surface area (TPSA) is 38.1 Å². The molecule has 4 nitrogen and oxygen atoms in total. The van der Waals surface area contributed by atoms with Crippen LogP contribution in [0.3, 0.4) is 0 Å². The lowest BCUT2D eigenvalue weighted by molar-refractivity contribution is -0.126. The number of fused-ring (bicyclic) bond motifs is 1. The quantitative estimate of drug-likeness (QED) is 0.740. The maximum absolute atomic E-state index is 12.1. The minimum Gasteiger partial charge on any atom is -0.338 e. The summed E-state index contributed by atoms with van der Waals surface area (Å²) in [6.45, 7) is 9.53. The third kappa shape index (κ3) is 3.45. The van der Waals surface area contributed by atoms with Gasteiger partial charge in [-0.25, -0.2) is 4.68 Å². The molecule has 0 spiro atoms. The molecule has 1 saturated carbocycles. The predicted octanol–water partition coefficient (Wildman–Crippen LogP) is 4.38. The number of carbonyl (C=O) groups excluding carboxylic acids is 1. The summed E-state index contributed by atoms with van der Waals surface area (Å²) in [7, 11) is 0. The summed E-state index contributed by atoms with van der Waals surface area (Å²) in [4.78, 5) is 14.0. The zero-order chi connectivity index (χ0) is 19.0. The van der Waals surface area contributed by atoms with Gasteiger partial charge < -0.3 is 4.90 Å². The number of amides is 1. The van der Waals surface area contributed by atoms with Crippen molar-refractivity contribution in [1.29, 1.82) is 0 Å². The van der Waals surface area contributed by atoms with E-state index >= 15 is 0 Å². The number of nitrogens with zero attached hydrogens (tertiary/aromatic N) is 3. The molecule has 2 aromatic rings. The first-order valence-corrected chi connectivity index (χ1v) is 10.2. The van der Waals surface area contributed by atoms with Gasteiger partial charge in [0.1, 0.15) is 0 Å². The van der Waals surface area contributed by atoms with Gasteiger partial charge in [-0.15, -0.1) is 0 Å². The van der Waals surface area contributed by atoms with Crippen molar-refractivity contribution in [2.24, 2.45) is 0 Å². The van der Waals surface area contributed by atoms with E-state index in [-0.39, 0.29) is 11.8 Å². The Morgan fingerprint density at radius 3 is 2.67 bits per heavy atom. The Kier molecular flexibility index (Phi) is 4.90. The van der Waals surface area contributed by atoms with Crippen molar-refractivity contribution in [3.8, 4) is 5.69 Å². The Hall–Kier alpha value is -2.36. The summed E-state index contributed by atoms with van der Waals surface area (Å²) in [5.41, 5.74) is 6.42. The molecule has 27 heavy (non-hydrogen) atoms. The van der Waals surface area contributed by atoms with Gasteiger partial charge in [0.15, 0.2) is 0 Å². The van der Waals surface area contributed by atoms with Crippen molar-refractivity contribution in [3.63, 3.8) is 0 Å². The molecule has 1 aromatic carbocycles. The highest BCUT2D eigenvalue weighted by molar-refractivity contribution is 5.87. The highest BCUT2D eigenvalue weighted by atomic mass is 16.2. The average molecular weight is 364 g/mol. The van der Waals surface area contributed by atoms with Crippen LogP contribution in [-0.2, 0) is 17.6 Å². The standard InChI is InChI=1S/C23H29N3O/c1-4-6-21-23-16(3)15-25(22(27)5-2)14-13-20(23)24-26(21)19-11-9-18(10-12-19)17-7-8-17/h5,9-12,16-17H,2,4,6-8,13-15H2,1,3H3. The van der Waals surface area contributed by atoms with Crippen LogP contribution in [0.1, 0.15) is 67.5 Å². The zero-order valence-corrected chi connectivity index (χ0v) is 16.4. The van der Waals surface area contributed by atoms with Gasteiger partial charge in [-0.3, -0.25) is 4.79 Å². The van der Waals surface area contributed by atoms with E-state index < -0.39 is 0 Å². The summed E-state index contributed by atoms with van der Waals surface area (Å²) >= 11 is 0. The fourth-order valence-electron chi connectivity index (χ4n) is 4.35. The highest BCUT2D eigenvalue weighted by Crippen LogP contribution is 2.40. The molecule has 0 bridgehead atoms. The lowest BCUT2D eigenvalue weighted by atomic mass is 9.96. The van der Waals surface area contributed by atoms with E-state index in [1.807, 2.05) is 4.90 Å². The van der Waals surface area contributed by atoms with Gasteiger partial charge in [0.05, 0.1) is 11.4 Å². The van der Waals surface area contributed by atoms with Gasteiger partial charge in [0.25, 0.3) is 0 Å². The van der Waals surface area contributed by atoms with E-state index in [2.05, 4.69) is 49.4 Å². The summed E-state index contributed by atoms with van der Waals surface area (Å²) in [5, 5.41) is 5.01. The molecule has 1 aromatic heterocycles. The van der Waals surface area contributed by atoms with E-state index in [4.69, 9.17) is 5.10 Å². The molecule has 0 N–H and O–H groups in total. The normalized spacial score (nSPS) is 19.5. The smallest absolute Gasteiger partial charge is 0.245 e. The molecule has 2 heterocycles. The van der Waals surface area contributed by atoms with Crippen LogP contribution in [0.25, 0.3) is 5.69 Å². The predicted molar refractivity (Wildman–Crippen MR) is 108 cm³/mol. The van der Waals surface area contributed by atoms with E-state index in [1.54, 1.807) is 0 Å². The van der Waals surface area contributed by atoms with Gasteiger partial charge in [-0.2, -0.15) is 5.10 Å². The van der Waals surface area contributed by atoms with Crippen LogP contribution in [0.2, 0.25) is 0 Å². The van der Waals surface area contributed by atoms with E-state index in [9.17, 15) is 4.79 Å². The van der Waals surface area contributed by atoms with E-state index in [1.165, 1.54) is 35.7 Å². The lowest BCUT2D eigenvalue weighted by Crippen LogP contribution is -2.33. The van der Waals surface area contributed by atoms with Gasteiger partial charge in [-0.1, -0.05) is 39.0 Å². The van der Waals surface area contributed by atoms with Crippen LogP contribution < -0.4 is 0 Å². The van der Waals surface area contributed by atoms with Crippen LogP contribution in [0, 0.1) is 0 Å². The van der Waals surface area contributed by atoms with E-state index in [0.29, 0.717) is 6.54 Å². The third-order valence-corrected chi connectivity index (χ3v) is 5.86. The molecule has 142 valence electrons. The molecular formula is C23H29N3O. The van der Waals surface area contributed by atoms with Crippen molar-refractivity contribution in [2.75, 3.05) is 13.1 Å². The molecule has 1 aliphatic carbocycles. The molecule has 0 radical (unpaired) electrons. The first kappa shape index (κ1) is 18.0. The monoisotopic (exact) mass is 363 g/mol. The SMILES string of the molecule is C=CC(=O)N1CCc2nn(-c3ccc(C4CC4)cc3)c(CCC)c2C(C)C1. The number of hydrogen-bond acceptors (Lipinski definition) is 2. The van der Waals surface area contributed by atoms with Gasteiger partial charge in [0, 0.05) is 36.7 Å². The van der Waals surface area contributed by atoms with Crippen molar-refractivity contribution in [3.05, 3.63) is 59.4 Å². The molecule has 0 saturated heterocycles. The largest absolute Gasteiger partial charge is 0.338 e. The number of carbonyl (C=O) groups is 1. The molecule has 4 heteroatoms. The summed E-state index contributed by atoms with van der Waals surface area (Å²) in [5.74, 6) is 1.08.